The van der Waals surface area contributed by atoms with Crippen LogP contribution in [0.3, 0.4) is 0 Å². The van der Waals surface area contributed by atoms with E-state index in [2.05, 4.69) is 15.9 Å². The van der Waals surface area contributed by atoms with Gasteiger partial charge in [-0.1, -0.05) is 15.9 Å². The zero-order valence-electron chi connectivity index (χ0n) is 11.5. The molecule has 1 aromatic carbocycles. The van der Waals surface area contributed by atoms with Crippen molar-refractivity contribution in [1.82, 2.24) is 4.31 Å². The van der Waals surface area contributed by atoms with E-state index >= 15 is 0 Å². The maximum absolute atomic E-state index is 14.3. The normalized spacial score (nSPS) is 20.1. The van der Waals surface area contributed by atoms with E-state index < -0.39 is 15.8 Å². The van der Waals surface area contributed by atoms with E-state index in [1.807, 2.05) is 0 Å². The van der Waals surface area contributed by atoms with Gasteiger partial charge in [0.15, 0.2) is 0 Å². The molecule has 0 amide bonds. The van der Waals surface area contributed by atoms with Crippen molar-refractivity contribution in [1.29, 1.82) is 0 Å². The van der Waals surface area contributed by atoms with Crippen LogP contribution in [0.15, 0.2) is 21.5 Å². The van der Waals surface area contributed by atoms with Crippen LogP contribution in [0.5, 0.6) is 0 Å². The monoisotopic (exact) mass is 399 g/mol. The topological polar surface area (TPSA) is 46.6 Å². The smallest absolute Gasteiger partial charge is 0.246 e. The average Bonchev–Trinajstić information content (AvgIpc) is 2.90. The minimum absolute atomic E-state index is 0.0832. The Bertz CT molecular complexity index is 626. The van der Waals surface area contributed by atoms with Gasteiger partial charge in [0, 0.05) is 30.2 Å². The molecule has 0 radical (unpaired) electrons. The summed E-state index contributed by atoms with van der Waals surface area (Å²) in [5, 5.41) is 0. The lowest BCUT2D eigenvalue weighted by molar-refractivity contribution is 0.157. The quantitative estimate of drug-likeness (QED) is 0.714. The summed E-state index contributed by atoms with van der Waals surface area (Å²) in [6.07, 6.45) is 0.713. The highest BCUT2D eigenvalue weighted by Gasteiger charge is 2.34. The van der Waals surface area contributed by atoms with Crippen molar-refractivity contribution in [3.8, 4) is 0 Å². The van der Waals surface area contributed by atoms with E-state index in [-0.39, 0.29) is 22.3 Å². The molecule has 21 heavy (non-hydrogen) atoms. The number of sulfonamides is 1. The number of benzene rings is 1. The SMILES string of the molecule is COCC1CCN(S(=O)(=O)c2cc(Br)cc(CCl)c2F)C1. The first-order chi connectivity index (χ1) is 9.90. The lowest BCUT2D eigenvalue weighted by Gasteiger charge is -2.18. The molecule has 0 aromatic heterocycles. The van der Waals surface area contributed by atoms with Crippen LogP contribution >= 0.6 is 27.5 Å². The standard InChI is InChI=1S/C13H16BrClFNO3S/c1-20-8-9-2-3-17(7-9)21(18,19)12-5-11(14)4-10(6-15)13(12)16/h4-5,9H,2-3,6-8H2,1H3. The summed E-state index contributed by atoms with van der Waals surface area (Å²) in [6.45, 7) is 1.22. The second kappa shape index (κ2) is 6.91. The first-order valence-electron chi connectivity index (χ1n) is 6.43. The van der Waals surface area contributed by atoms with Crippen molar-refractivity contribution < 1.29 is 17.5 Å². The molecule has 1 fully saturated rings. The van der Waals surface area contributed by atoms with Gasteiger partial charge in [0.25, 0.3) is 0 Å². The third-order valence-corrected chi connectivity index (χ3v) is 6.10. The Balaban J connectivity index is 2.35. The van der Waals surface area contributed by atoms with Crippen LogP contribution in [0.25, 0.3) is 0 Å². The summed E-state index contributed by atoms with van der Waals surface area (Å²) in [7, 11) is -2.28. The molecule has 0 bridgehead atoms. The Morgan fingerprint density at radius 1 is 1.52 bits per heavy atom. The first-order valence-corrected chi connectivity index (χ1v) is 9.20. The Kier molecular flexibility index (Phi) is 5.65. The number of nitrogens with zero attached hydrogens (tertiary/aromatic N) is 1. The number of hydrogen-bond donors (Lipinski definition) is 0. The minimum atomic E-state index is -3.86. The molecule has 118 valence electrons. The fourth-order valence-corrected chi connectivity index (χ4v) is 4.95. The van der Waals surface area contributed by atoms with Gasteiger partial charge in [0.05, 0.1) is 12.5 Å². The molecular formula is C13H16BrClFNO3S. The van der Waals surface area contributed by atoms with Gasteiger partial charge in [-0.2, -0.15) is 4.31 Å². The van der Waals surface area contributed by atoms with Gasteiger partial charge in [-0.25, -0.2) is 12.8 Å². The number of methoxy groups -OCH3 is 1. The fraction of sp³-hybridized carbons (Fsp3) is 0.538. The summed E-state index contributed by atoms with van der Waals surface area (Å²) in [6, 6.07) is 2.77. The van der Waals surface area contributed by atoms with Gasteiger partial charge in [-0.3, -0.25) is 0 Å². The number of alkyl halides is 1. The maximum atomic E-state index is 14.3. The van der Waals surface area contributed by atoms with Gasteiger partial charge in [-0.15, -0.1) is 11.6 Å². The molecule has 1 aliphatic rings. The van der Waals surface area contributed by atoms with Crippen molar-refractivity contribution in [3.63, 3.8) is 0 Å². The van der Waals surface area contributed by atoms with Crippen LogP contribution in [0, 0.1) is 11.7 Å². The van der Waals surface area contributed by atoms with Gasteiger partial charge in [0.2, 0.25) is 10.0 Å². The van der Waals surface area contributed by atoms with Crippen molar-refractivity contribution in [2.45, 2.75) is 17.2 Å². The Hall–Kier alpha value is -0.210. The summed E-state index contributed by atoms with van der Waals surface area (Å²) in [4.78, 5) is -0.328. The lowest BCUT2D eigenvalue weighted by atomic mass is 10.1. The third kappa shape index (κ3) is 3.59. The molecule has 0 saturated carbocycles. The van der Waals surface area contributed by atoms with Gasteiger partial charge in [0.1, 0.15) is 10.7 Å². The molecule has 1 aromatic rings. The van der Waals surface area contributed by atoms with Crippen LogP contribution in [-0.4, -0.2) is 39.5 Å². The fourth-order valence-electron chi connectivity index (χ4n) is 2.43. The molecule has 1 unspecified atom stereocenters. The van der Waals surface area contributed by atoms with Gasteiger partial charge < -0.3 is 4.74 Å². The largest absolute Gasteiger partial charge is 0.384 e. The predicted molar refractivity (Wildman–Crippen MR) is 82.4 cm³/mol. The van der Waals surface area contributed by atoms with Crippen LogP contribution in [0.1, 0.15) is 12.0 Å². The second-order valence-electron chi connectivity index (χ2n) is 4.98. The number of ether oxygens (including phenoxy) is 1. The highest BCUT2D eigenvalue weighted by Crippen LogP contribution is 2.30. The van der Waals surface area contributed by atoms with E-state index in [0.29, 0.717) is 30.6 Å². The highest BCUT2D eigenvalue weighted by atomic mass is 79.9. The van der Waals surface area contributed by atoms with Crippen LogP contribution < -0.4 is 0 Å². The molecule has 8 heteroatoms. The maximum Gasteiger partial charge on any atom is 0.246 e. The average molecular weight is 401 g/mol. The lowest BCUT2D eigenvalue weighted by Crippen LogP contribution is -2.30. The molecule has 0 spiro atoms. The van der Waals surface area contributed by atoms with Crippen LogP contribution in [-0.2, 0) is 20.6 Å². The molecule has 1 atom stereocenters. The Morgan fingerprint density at radius 2 is 2.24 bits per heavy atom. The predicted octanol–water partition coefficient (Wildman–Crippen LogP) is 2.98. The third-order valence-electron chi connectivity index (χ3n) is 3.49. The number of halogens is 3. The minimum Gasteiger partial charge on any atom is -0.384 e. The molecule has 1 heterocycles. The number of rotatable bonds is 5. The molecule has 0 aliphatic carbocycles. The Morgan fingerprint density at radius 3 is 2.86 bits per heavy atom. The van der Waals surface area contributed by atoms with Crippen LogP contribution in [0.2, 0.25) is 0 Å². The molecule has 4 nitrogen and oxygen atoms in total. The van der Waals surface area contributed by atoms with E-state index in [9.17, 15) is 12.8 Å². The summed E-state index contributed by atoms with van der Waals surface area (Å²) >= 11 is 8.86. The van der Waals surface area contributed by atoms with Gasteiger partial charge in [-0.05, 0) is 24.5 Å². The summed E-state index contributed by atoms with van der Waals surface area (Å²) in [5.74, 6) is -0.712. The van der Waals surface area contributed by atoms with Gasteiger partial charge >= 0.3 is 0 Å². The molecular weight excluding hydrogens is 385 g/mol. The molecule has 0 N–H and O–H groups in total. The van der Waals surface area contributed by atoms with E-state index in [4.69, 9.17) is 16.3 Å². The summed E-state index contributed by atoms with van der Waals surface area (Å²) < 4.78 is 46.4. The highest BCUT2D eigenvalue weighted by molar-refractivity contribution is 9.10. The van der Waals surface area contributed by atoms with E-state index in [1.54, 1.807) is 7.11 Å². The Labute approximate surface area is 137 Å². The second-order valence-corrected chi connectivity index (χ2v) is 8.07. The van der Waals surface area contributed by atoms with Crippen LogP contribution in [0.4, 0.5) is 4.39 Å². The molecule has 1 aliphatic heterocycles. The van der Waals surface area contributed by atoms with Crippen molar-refractivity contribution in [2.75, 3.05) is 26.8 Å². The van der Waals surface area contributed by atoms with Crippen molar-refractivity contribution >= 4 is 37.6 Å². The van der Waals surface area contributed by atoms with E-state index in [1.165, 1.54) is 16.4 Å². The first kappa shape index (κ1) is 17.1. The number of hydrogen-bond acceptors (Lipinski definition) is 3. The zero-order chi connectivity index (χ0) is 15.6. The van der Waals surface area contributed by atoms with E-state index in [0.717, 1.165) is 0 Å². The van der Waals surface area contributed by atoms with Crippen molar-refractivity contribution in [3.05, 3.63) is 28.0 Å². The summed E-state index contributed by atoms with van der Waals surface area (Å²) in [5.41, 5.74) is 0.164. The molecule has 1 saturated heterocycles. The molecule has 2 rings (SSSR count). The van der Waals surface area contributed by atoms with Crippen molar-refractivity contribution in [2.24, 2.45) is 5.92 Å². The zero-order valence-corrected chi connectivity index (χ0v) is 14.6.